The van der Waals surface area contributed by atoms with E-state index in [1.807, 2.05) is 54.6 Å². The average Bonchev–Trinajstić information content (AvgIpc) is 3.60. The minimum atomic E-state index is -0.379. The molecule has 238 valence electrons. The zero-order chi connectivity index (χ0) is 30.1. The molecule has 2 aromatic rings. The van der Waals surface area contributed by atoms with Crippen molar-refractivity contribution in [2.45, 2.75) is 69.8 Å². The molecular formula is C35H46N2O7. The molecule has 4 saturated heterocycles. The second kappa shape index (κ2) is 15.2. The molecule has 44 heavy (non-hydrogen) atoms. The first-order valence-corrected chi connectivity index (χ1v) is 16.5. The van der Waals surface area contributed by atoms with Crippen LogP contribution in [0.15, 0.2) is 54.6 Å². The second-order valence-corrected chi connectivity index (χ2v) is 12.7. The van der Waals surface area contributed by atoms with Crippen LogP contribution >= 0.6 is 0 Å². The molecule has 5 fully saturated rings. The maximum absolute atomic E-state index is 13.1. The van der Waals surface area contributed by atoms with Gasteiger partial charge in [0.05, 0.1) is 38.4 Å². The molecule has 0 aromatic heterocycles. The van der Waals surface area contributed by atoms with Gasteiger partial charge in [0.2, 0.25) is 0 Å². The van der Waals surface area contributed by atoms with Gasteiger partial charge in [-0.3, -0.25) is 9.69 Å². The maximum Gasteiger partial charge on any atom is 0.408 e. The van der Waals surface area contributed by atoms with Crippen LogP contribution in [-0.4, -0.2) is 75.4 Å². The topological polar surface area (TPSA) is 95.6 Å². The Morgan fingerprint density at radius 1 is 0.909 bits per heavy atom. The summed E-state index contributed by atoms with van der Waals surface area (Å²) in [5.41, 5.74) is 1.93. The summed E-state index contributed by atoms with van der Waals surface area (Å²) in [5, 5.41) is 3.15. The number of esters is 1. The first-order chi connectivity index (χ1) is 21.6. The largest absolute Gasteiger partial charge is 0.493 e. The standard InChI is InChI=1S/C35H46N2O7/c38-34(42-19-5-10-32-40-20-21-41-32)28-13-11-25(12-14-28)24-43-30-9-4-8-29(22-30)33(27-6-2-1-3-7-27)36-35(39)44-31-23-37-17-15-26(31)16-18-37/h1-4,6-9,22,25-26,28,31-33H,5,10-21,23-24H2,(H,36,39)/t25-,28-,31-,33-/m0/s1. The van der Waals surface area contributed by atoms with Gasteiger partial charge in [0.25, 0.3) is 0 Å². The minimum Gasteiger partial charge on any atom is -0.493 e. The fraction of sp³-hybridized carbons (Fsp3) is 0.600. The number of nitrogens with zero attached hydrogens (tertiary/aromatic N) is 1. The van der Waals surface area contributed by atoms with Gasteiger partial charge in [-0.1, -0.05) is 42.5 Å². The van der Waals surface area contributed by atoms with Crippen molar-refractivity contribution in [3.8, 4) is 5.75 Å². The number of amides is 1. The van der Waals surface area contributed by atoms with Crippen molar-refractivity contribution < 1.29 is 33.3 Å². The van der Waals surface area contributed by atoms with Crippen LogP contribution in [-0.2, 0) is 23.7 Å². The van der Waals surface area contributed by atoms with Crippen LogP contribution in [0.4, 0.5) is 4.79 Å². The molecule has 2 aromatic carbocycles. The van der Waals surface area contributed by atoms with E-state index in [0.717, 1.165) is 87.9 Å². The van der Waals surface area contributed by atoms with E-state index in [1.165, 1.54) is 0 Å². The molecule has 4 aliphatic heterocycles. The Morgan fingerprint density at radius 3 is 2.39 bits per heavy atom. The lowest BCUT2D eigenvalue weighted by atomic mass is 9.82. The zero-order valence-electron chi connectivity index (χ0n) is 25.6. The molecule has 0 unspecified atom stereocenters. The van der Waals surface area contributed by atoms with E-state index >= 15 is 0 Å². The summed E-state index contributed by atoms with van der Waals surface area (Å²) in [6.07, 6.45) is 6.63. The predicted molar refractivity (Wildman–Crippen MR) is 164 cm³/mol. The highest BCUT2D eigenvalue weighted by Gasteiger charge is 2.37. The predicted octanol–water partition coefficient (Wildman–Crippen LogP) is 5.48. The van der Waals surface area contributed by atoms with Crippen LogP contribution in [0.25, 0.3) is 0 Å². The molecule has 0 spiro atoms. The fourth-order valence-electron chi connectivity index (χ4n) is 7.02. The summed E-state index contributed by atoms with van der Waals surface area (Å²) < 4.78 is 28.6. The van der Waals surface area contributed by atoms with Crippen molar-refractivity contribution in [1.82, 2.24) is 10.2 Å². The molecule has 1 aliphatic carbocycles. The van der Waals surface area contributed by atoms with Crippen molar-refractivity contribution in [1.29, 1.82) is 0 Å². The Morgan fingerprint density at radius 2 is 1.66 bits per heavy atom. The summed E-state index contributed by atoms with van der Waals surface area (Å²) in [5.74, 6) is 1.49. The molecule has 2 bridgehead atoms. The summed E-state index contributed by atoms with van der Waals surface area (Å²) >= 11 is 0. The molecular weight excluding hydrogens is 560 g/mol. The third-order valence-corrected chi connectivity index (χ3v) is 9.63. The van der Waals surface area contributed by atoms with E-state index in [4.69, 9.17) is 23.7 Å². The average molecular weight is 607 g/mol. The van der Waals surface area contributed by atoms with Crippen molar-refractivity contribution >= 4 is 12.1 Å². The summed E-state index contributed by atoms with van der Waals surface area (Å²) in [7, 11) is 0. The maximum atomic E-state index is 13.1. The Balaban J connectivity index is 0.979. The number of nitrogens with one attached hydrogen (secondary N) is 1. The third kappa shape index (κ3) is 8.31. The molecule has 9 nitrogen and oxygen atoms in total. The number of hydrogen-bond acceptors (Lipinski definition) is 8. The lowest BCUT2D eigenvalue weighted by Gasteiger charge is -2.43. The minimum absolute atomic E-state index is 0.0352. The lowest BCUT2D eigenvalue weighted by molar-refractivity contribution is -0.150. The number of alkyl carbamates (subject to hydrolysis) is 1. The number of carbonyl (C=O) groups excluding carboxylic acids is 2. The number of benzene rings is 2. The summed E-state index contributed by atoms with van der Waals surface area (Å²) in [6, 6.07) is 17.6. The van der Waals surface area contributed by atoms with E-state index < -0.39 is 0 Å². The van der Waals surface area contributed by atoms with E-state index in [-0.39, 0.29) is 36.4 Å². The number of fused-ring (bicyclic) bond motifs is 3. The number of ether oxygens (including phenoxy) is 5. The lowest BCUT2D eigenvalue weighted by Crippen LogP contribution is -2.52. The molecule has 2 atom stereocenters. The van der Waals surface area contributed by atoms with Crippen LogP contribution in [0, 0.1) is 17.8 Å². The van der Waals surface area contributed by atoms with Gasteiger partial charge in [-0.2, -0.15) is 0 Å². The first kappa shape index (κ1) is 30.9. The van der Waals surface area contributed by atoms with Gasteiger partial charge < -0.3 is 29.0 Å². The van der Waals surface area contributed by atoms with Crippen LogP contribution in [0.5, 0.6) is 5.75 Å². The number of piperidine rings is 3. The summed E-state index contributed by atoms with van der Waals surface area (Å²) in [6.45, 7) is 5.33. The molecule has 7 rings (SSSR count). The smallest absolute Gasteiger partial charge is 0.408 e. The van der Waals surface area contributed by atoms with Gasteiger partial charge in [0.15, 0.2) is 6.29 Å². The Bertz CT molecular complexity index is 1200. The number of carbonyl (C=O) groups is 2. The van der Waals surface area contributed by atoms with Crippen molar-refractivity contribution in [3.63, 3.8) is 0 Å². The van der Waals surface area contributed by atoms with Crippen molar-refractivity contribution in [3.05, 3.63) is 65.7 Å². The molecule has 5 aliphatic rings. The van der Waals surface area contributed by atoms with Gasteiger partial charge in [0.1, 0.15) is 11.9 Å². The van der Waals surface area contributed by atoms with Crippen molar-refractivity contribution in [2.24, 2.45) is 17.8 Å². The second-order valence-electron chi connectivity index (χ2n) is 12.7. The number of hydrogen-bond donors (Lipinski definition) is 1. The Labute approximate surface area is 260 Å². The molecule has 0 radical (unpaired) electrons. The van der Waals surface area contributed by atoms with Gasteiger partial charge in [-0.25, -0.2) is 4.79 Å². The third-order valence-electron chi connectivity index (χ3n) is 9.63. The van der Waals surface area contributed by atoms with Crippen LogP contribution in [0.3, 0.4) is 0 Å². The van der Waals surface area contributed by atoms with E-state index in [9.17, 15) is 9.59 Å². The first-order valence-electron chi connectivity index (χ1n) is 16.5. The Hall–Kier alpha value is -3.14. The van der Waals surface area contributed by atoms with Gasteiger partial charge in [0, 0.05) is 13.0 Å². The Kier molecular flexibility index (Phi) is 10.7. The van der Waals surface area contributed by atoms with E-state index in [0.29, 0.717) is 38.3 Å². The molecule has 9 heteroatoms. The SMILES string of the molecule is O=C(N[C@@H](c1ccccc1)c1cccc(OC[C@H]2CC[C@H](C(=O)OCCCC3OCCO3)CC2)c1)O[C@H]1CN2CCC1CC2. The molecule has 4 heterocycles. The normalized spacial score (nSPS) is 27.4. The number of rotatable bonds is 12. The highest BCUT2D eigenvalue weighted by atomic mass is 16.7. The monoisotopic (exact) mass is 606 g/mol. The summed E-state index contributed by atoms with van der Waals surface area (Å²) in [4.78, 5) is 28.1. The molecule has 1 amide bonds. The van der Waals surface area contributed by atoms with Crippen LogP contribution < -0.4 is 10.1 Å². The molecule has 1 saturated carbocycles. The highest BCUT2D eigenvalue weighted by Crippen LogP contribution is 2.32. The van der Waals surface area contributed by atoms with E-state index in [1.54, 1.807) is 0 Å². The van der Waals surface area contributed by atoms with Crippen molar-refractivity contribution in [2.75, 3.05) is 46.1 Å². The van der Waals surface area contributed by atoms with Gasteiger partial charge >= 0.3 is 12.1 Å². The zero-order valence-corrected chi connectivity index (χ0v) is 25.6. The highest BCUT2D eigenvalue weighted by molar-refractivity contribution is 5.72. The van der Waals surface area contributed by atoms with Gasteiger partial charge in [-0.15, -0.1) is 0 Å². The van der Waals surface area contributed by atoms with Gasteiger partial charge in [-0.05, 0) is 93.1 Å². The molecule has 1 N–H and O–H groups in total. The van der Waals surface area contributed by atoms with E-state index in [2.05, 4.69) is 10.2 Å². The van der Waals surface area contributed by atoms with Crippen LogP contribution in [0.1, 0.15) is 68.5 Å². The van der Waals surface area contributed by atoms with Crippen LogP contribution in [0.2, 0.25) is 0 Å². The quantitative estimate of drug-likeness (QED) is 0.251. The fourth-order valence-corrected chi connectivity index (χ4v) is 7.02.